The van der Waals surface area contributed by atoms with Gasteiger partial charge in [-0.25, -0.2) is 4.39 Å². The van der Waals surface area contributed by atoms with Gasteiger partial charge in [-0.1, -0.05) is 29.8 Å². The Morgan fingerprint density at radius 2 is 1.63 bits per heavy atom. The molecular weight excluding hydrogens is 241 g/mol. The van der Waals surface area contributed by atoms with Gasteiger partial charge >= 0.3 is 0 Å². The minimum Gasteiger partial charge on any atom is -0.321 e. The second-order valence-electron chi connectivity index (χ2n) is 4.71. The molecule has 2 rings (SSSR count). The number of nitrogens with one attached hydrogen (secondary N) is 1. The first-order chi connectivity index (χ1) is 8.99. The van der Waals surface area contributed by atoms with Crippen molar-refractivity contribution >= 4 is 11.6 Å². The van der Waals surface area contributed by atoms with Gasteiger partial charge in [-0.15, -0.1) is 0 Å². The first-order valence-electron chi connectivity index (χ1n) is 6.13. The minimum atomic E-state index is -0.512. The third-order valence-corrected chi connectivity index (χ3v) is 3.03. The first kappa shape index (κ1) is 13.3. The molecule has 1 amide bonds. The molecule has 0 unspecified atom stereocenters. The fourth-order valence-electron chi connectivity index (χ4n) is 2.20. The zero-order valence-electron chi connectivity index (χ0n) is 11.3. The Kier molecular flexibility index (Phi) is 3.65. The molecule has 0 atom stereocenters. The van der Waals surface area contributed by atoms with Crippen LogP contribution in [0.4, 0.5) is 10.1 Å². The van der Waals surface area contributed by atoms with Gasteiger partial charge in [0.1, 0.15) is 5.82 Å². The zero-order chi connectivity index (χ0) is 14.0. The van der Waals surface area contributed by atoms with E-state index in [9.17, 15) is 9.18 Å². The van der Waals surface area contributed by atoms with Gasteiger partial charge in [-0.05, 0) is 44.0 Å². The summed E-state index contributed by atoms with van der Waals surface area (Å²) in [6, 6.07) is 9.95. The standard InChI is InChI=1S/C16H16FNO/c1-10-8-11(2)15(12(3)9-10)18-16(19)13-6-4-5-7-14(13)17/h4-9H,1-3H3,(H,18,19). The van der Waals surface area contributed by atoms with Crippen molar-refractivity contribution in [3.63, 3.8) is 0 Å². The van der Waals surface area contributed by atoms with Gasteiger partial charge in [-0.2, -0.15) is 0 Å². The third-order valence-electron chi connectivity index (χ3n) is 3.03. The van der Waals surface area contributed by atoms with Crippen LogP contribution in [0.2, 0.25) is 0 Å². The molecular formula is C16H16FNO. The van der Waals surface area contributed by atoms with Crippen LogP contribution in [0.3, 0.4) is 0 Å². The summed E-state index contributed by atoms with van der Waals surface area (Å²) in [6.45, 7) is 5.86. The van der Waals surface area contributed by atoms with E-state index >= 15 is 0 Å². The van der Waals surface area contributed by atoms with E-state index in [1.165, 1.54) is 12.1 Å². The summed E-state index contributed by atoms with van der Waals surface area (Å²) in [5.74, 6) is -0.935. The van der Waals surface area contributed by atoms with Crippen LogP contribution >= 0.6 is 0 Å². The molecule has 3 heteroatoms. The number of aryl methyl sites for hydroxylation is 3. The molecule has 0 saturated heterocycles. The Balaban J connectivity index is 2.32. The number of benzene rings is 2. The Hall–Kier alpha value is -2.16. The van der Waals surface area contributed by atoms with Gasteiger partial charge < -0.3 is 5.32 Å². The van der Waals surface area contributed by atoms with Gasteiger partial charge in [0.05, 0.1) is 5.56 Å². The Morgan fingerprint density at radius 1 is 1.05 bits per heavy atom. The molecule has 0 fully saturated rings. The van der Waals surface area contributed by atoms with Crippen LogP contribution in [0.25, 0.3) is 0 Å². The van der Waals surface area contributed by atoms with Crippen molar-refractivity contribution in [1.29, 1.82) is 0 Å². The fraction of sp³-hybridized carbons (Fsp3) is 0.188. The number of hydrogen-bond acceptors (Lipinski definition) is 1. The van der Waals surface area contributed by atoms with Crippen LogP contribution in [-0.2, 0) is 0 Å². The highest BCUT2D eigenvalue weighted by Crippen LogP contribution is 2.22. The van der Waals surface area contributed by atoms with Gasteiger partial charge in [-0.3, -0.25) is 4.79 Å². The SMILES string of the molecule is Cc1cc(C)c(NC(=O)c2ccccc2F)c(C)c1. The minimum absolute atomic E-state index is 0.0573. The molecule has 0 bridgehead atoms. The van der Waals surface area contributed by atoms with E-state index in [4.69, 9.17) is 0 Å². The number of rotatable bonds is 2. The fourth-order valence-corrected chi connectivity index (χ4v) is 2.20. The molecule has 98 valence electrons. The number of halogens is 1. The molecule has 0 heterocycles. The van der Waals surface area contributed by atoms with Crippen molar-refractivity contribution in [2.75, 3.05) is 5.32 Å². The molecule has 19 heavy (non-hydrogen) atoms. The summed E-state index contributed by atoms with van der Waals surface area (Å²) in [5, 5.41) is 2.78. The molecule has 1 N–H and O–H groups in total. The number of hydrogen-bond donors (Lipinski definition) is 1. The van der Waals surface area contributed by atoms with Crippen LogP contribution in [0, 0.1) is 26.6 Å². The van der Waals surface area contributed by atoms with E-state index in [2.05, 4.69) is 5.32 Å². The predicted molar refractivity (Wildman–Crippen MR) is 75.0 cm³/mol. The lowest BCUT2D eigenvalue weighted by atomic mass is 10.0. The number of carbonyl (C=O) groups is 1. The van der Waals surface area contributed by atoms with Crippen molar-refractivity contribution < 1.29 is 9.18 Å². The predicted octanol–water partition coefficient (Wildman–Crippen LogP) is 4.00. The lowest BCUT2D eigenvalue weighted by Crippen LogP contribution is -2.15. The van der Waals surface area contributed by atoms with Gasteiger partial charge in [0.25, 0.3) is 5.91 Å². The zero-order valence-corrected chi connectivity index (χ0v) is 11.3. The van der Waals surface area contributed by atoms with Crippen LogP contribution in [0.15, 0.2) is 36.4 Å². The number of carbonyl (C=O) groups excluding carboxylic acids is 1. The summed E-state index contributed by atoms with van der Waals surface area (Å²) in [5.41, 5.74) is 3.89. The van der Waals surface area contributed by atoms with E-state index in [1.807, 2.05) is 32.9 Å². The van der Waals surface area contributed by atoms with Crippen LogP contribution < -0.4 is 5.32 Å². The Morgan fingerprint density at radius 3 is 2.21 bits per heavy atom. The summed E-state index contributed by atoms with van der Waals surface area (Å²) in [4.78, 5) is 12.1. The summed E-state index contributed by atoms with van der Waals surface area (Å²) in [6.07, 6.45) is 0. The van der Waals surface area contributed by atoms with Crippen LogP contribution in [-0.4, -0.2) is 5.91 Å². The average Bonchev–Trinajstić information content (AvgIpc) is 2.34. The maximum absolute atomic E-state index is 13.5. The topological polar surface area (TPSA) is 29.1 Å². The quantitative estimate of drug-likeness (QED) is 0.865. The van der Waals surface area contributed by atoms with E-state index in [0.29, 0.717) is 0 Å². The highest BCUT2D eigenvalue weighted by molar-refractivity contribution is 6.05. The summed E-state index contributed by atoms with van der Waals surface area (Å²) < 4.78 is 13.5. The van der Waals surface area contributed by atoms with Crippen molar-refractivity contribution in [3.05, 3.63) is 64.5 Å². The van der Waals surface area contributed by atoms with Gasteiger partial charge in [0.2, 0.25) is 0 Å². The van der Waals surface area contributed by atoms with Gasteiger partial charge in [0.15, 0.2) is 0 Å². The van der Waals surface area contributed by atoms with Crippen LogP contribution in [0.1, 0.15) is 27.0 Å². The van der Waals surface area contributed by atoms with Crippen LogP contribution in [0.5, 0.6) is 0 Å². The average molecular weight is 257 g/mol. The molecule has 2 nitrogen and oxygen atoms in total. The molecule has 0 radical (unpaired) electrons. The van der Waals surface area contributed by atoms with Gasteiger partial charge in [0, 0.05) is 5.69 Å². The second-order valence-corrected chi connectivity index (χ2v) is 4.71. The van der Waals surface area contributed by atoms with Crippen molar-refractivity contribution in [2.24, 2.45) is 0 Å². The lowest BCUT2D eigenvalue weighted by Gasteiger charge is -2.13. The van der Waals surface area contributed by atoms with Crippen molar-refractivity contribution in [2.45, 2.75) is 20.8 Å². The number of anilines is 1. The molecule has 0 aromatic heterocycles. The van der Waals surface area contributed by atoms with Crippen molar-refractivity contribution in [1.82, 2.24) is 0 Å². The smallest absolute Gasteiger partial charge is 0.258 e. The first-order valence-corrected chi connectivity index (χ1v) is 6.13. The van der Waals surface area contributed by atoms with E-state index in [1.54, 1.807) is 12.1 Å². The molecule has 0 aliphatic rings. The maximum Gasteiger partial charge on any atom is 0.258 e. The second kappa shape index (κ2) is 5.22. The summed E-state index contributed by atoms with van der Waals surface area (Å²) in [7, 11) is 0. The summed E-state index contributed by atoms with van der Waals surface area (Å²) >= 11 is 0. The third kappa shape index (κ3) is 2.81. The highest BCUT2D eigenvalue weighted by Gasteiger charge is 2.13. The monoisotopic (exact) mass is 257 g/mol. The molecule has 0 spiro atoms. The molecule has 2 aromatic rings. The number of amides is 1. The molecule has 0 aliphatic carbocycles. The van der Waals surface area contributed by atoms with E-state index in [-0.39, 0.29) is 5.56 Å². The largest absolute Gasteiger partial charge is 0.321 e. The molecule has 0 saturated carbocycles. The van der Waals surface area contributed by atoms with E-state index < -0.39 is 11.7 Å². The van der Waals surface area contributed by atoms with E-state index in [0.717, 1.165) is 22.4 Å². The maximum atomic E-state index is 13.5. The molecule has 0 aliphatic heterocycles. The Bertz CT molecular complexity index is 611. The molecule has 2 aromatic carbocycles. The normalized spacial score (nSPS) is 10.3. The lowest BCUT2D eigenvalue weighted by molar-refractivity contribution is 0.102. The Labute approximate surface area is 112 Å². The van der Waals surface area contributed by atoms with Crippen molar-refractivity contribution in [3.8, 4) is 0 Å². The highest BCUT2D eigenvalue weighted by atomic mass is 19.1.